The third kappa shape index (κ3) is 3.10. The lowest BCUT2D eigenvalue weighted by Crippen LogP contribution is -2.51. The van der Waals surface area contributed by atoms with Crippen molar-refractivity contribution in [1.29, 1.82) is 0 Å². The number of halogens is 6. The first kappa shape index (κ1) is 21.7. The zero-order chi connectivity index (χ0) is 22.3. The van der Waals surface area contributed by atoms with Crippen molar-refractivity contribution < 1.29 is 50.1 Å². The Morgan fingerprint density at radius 3 is 2.40 bits per heavy atom. The molecule has 0 aromatic heterocycles. The number of carbonyl (C=O) groups excluding carboxylic acids is 2. The van der Waals surface area contributed by atoms with E-state index in [1.54, 1.807) is 0 Å². The molecular weight excluding hydrogens is 422 g/mol. The van der Waals surface area contributed by atoms with Crippen molar-refractivity contribution in [2.75, 3.05) is 0 Å². The lowest BCUT2D eigenvalue weighted by molar-refractivity contribution is -0.315. The average molecular weight is 444 g/mol. The second-order valence-corrected chi connectivity index (χ2v) is 9.21. The van der Waals surface area contributed by atoms with Crippen LogP contribution in [0.3, 0.4) is 0 Å². The summed E-state index contributed by atoms with van der Waals surface area (Å²) in [6, 6.07) is 0. The van der Waals surface area contributed by atoms with Crippen LogP contribution in [0.4, 0.5) is 26.3 Å². The van der Waals surface area contributed by atoms with Crippen molar-refractivity contribution in [2.24, 2.45) is 22.7 Å². The number of ether oxygens (including phenoxy) is 3. The van der Waals surface area contributed by atoms with Gasteiger partial charge in [0, 0.05) is 5.92 Å². The SMILES string of the molecule is CCC[C@@]1(C)CC1OC1C2CC3C1OC(=O)C3(C(=O)OC(C(F)(F)F)C(F)(F)F)C2. The van der Waals surface area contributed by atoms with Gasteiger partial charge in [0.05, 0.1) is 12.2 Å². The summed E-state index contributed by atoms with van der Waals surface area (Å²) in [5.74, 6) is -4.14. The number of hydrogen-bond donors (Lipinski definition) is 0. The van der Waals surface area contributed by atoms with Crippen LogP contribution < -0.4 is 0 Å². The van der Waals surface area contributed by atoms with Crippen molar-refractivity contribution in [3.8, 4) is 0 Å². The van der Waals surface area contributed by atoms with E-state index in [1.807, 2.05) is 6.92 Å². The van der Waals surface area contributed by atoms with E-state index in [9.17, 15) is 35.9 Å². The third-order valence-corrected chi connectivity index (χ3v) is 7.16. The number of esters is 2. The van der Waals surface area contributed by atoms with E-state index in [0.717, 1.165) is 19.3 Å². The molecule has 4 fully saturated rings. The monoisotopic (exact) mass is 444 g/mol. The van der Waals surface area contributed by atoms with E-state index in [2.05, 4.69) is 11.7 Å². The average Bonchev–Trinajstić information content (AvgIpc) is 2.90. The molecule has 1 saturated heterocycles. The number of fused-ring (bicyclic) bond motifs is 1. The topological polar surface area (TPSA) is 61.8 Å². The van der Waals surface area contributed by atoms with Crippen molar-refractivity contribution in [1.82, 2.24) is 0 Å². The Hall–Kier alpha value is -1.52. The minimum absolute atomic E-state index is 0.0157. The van der Waals surface area contributed by atoms with Gasteiger partial charge in [0.15, 0.2) is 5.41 Å². The van der Waals surface area contributed by atoms with Crippen LogP contribution in [0, 0.1) is 22.7 Å². The maximum atomic E-state index is 12.8. The minimum atomic E-state index is -5.84. The van der Waals surface area contributed by atoms with Gasteiger partial charge in [-0.25, -0.2) is 0 Å². The number of alkyl halides is 6. The summed E-state index contributed by atoms with van der Waals surface area (Å²) in [6.45, 7) is 4.12. The van der Waals surface area contributed by atoms with Crippen molar-refractivity contribution in [3.63, 3.8) is 0 Å². The highest BCUT2D eigenvalue weighted by molar-refractivity contribution is 6.03. The predicted octanol–water partition coefficient (Wildman–Crippen LogP) is 3.94. The van der Waals surface area contributed by atoms with Gasteiger partial charge < -0.3 is 14.2 Å². The molecule has 3 aliphatic carbocycles. The van der Waals surface area contributed by atoms with Gasteiger partial charge in [-0.15, -0.1) is 0 Å². The second kappa shape index (κ2) is 6.49. The second-order valence-electron chi connectivity index (χ2n) is 9.21. The van der Waals surface area contributed by atoms with Crippen LogP contribution in [-0.2, 0) is 23.8 Å². The molecule has 4 rings (SSSR count). The number of rotatable bonds is 6. The van der Waals surface area contributed by atoms with E-state index in [4.69, 9.17) is 9.47 Å². The first-order valence-electron chi connectivity index (χ1n) is 9.95. The molecule has 0 aromatic carbocycles. The quantitative estimate of drug-likeness (QED) is 0.353. The first-order valence-corrected chi connectivity index (χ1v) is 9.95. The maximum absolute atomic E-state index is 12.8. The van der Waals surface area contributed by atoms with Crippen LogP contribution in [0.2, 0.25) is 0 Å². The predicted molar refractivity (Wildman–Crippen MR) is 86.8 cm³/mol. The molecule has 11 heteroatoms. The first-order chi connectivity index (χ1) is 13.7. The van der Waals surface area contributed by atoms with Gasteiger partial charge in [-0.3, -0.25) is 9.59 Å². The molecular formula is C19H22F6O5. The molecule has 6 unspecified atom stereocenters. The Morgan fingerprint density at radius 1 is 1.20 bits per heavy atom. The van der Waals surface area contributed by atoms with Crippen LogP contribution >= 0.6 is 0 Å². The largest absolute Gasteiger partial charge is 0.458 e. The fraction of sp³-hybridized carbons (Fsp3) is 0.895. The molecule has 4 aliphatic rings. The molecule has 30 heavy (non-hydrogen) atoms. The van der Waals surface area contributed by atoms with Crippen LogP contribution in [0.5, 0.6) is 0 Å². The van der Waals surface area contributed by atoms with Crippen molar-refractivity contribution in [3.05, 3.63) is 0 Å². The lowest BCUT2D eigenvalue weighted by Gasteiger charge is -2.32. The van der Waals surface area contributed by atoms with Gasteiger partial charge in [-0.2, -0.15) is 26.3 Å². The molecule has 0 spiro atoms. The van der Waals surface area contributed by atoms with E-state index < -0.39 is 53.9 Å². The van der Waals surface area contributed by atoms with Gasteiger partial charge in [0.1, 0.15) is 6.10 Å². The fourth-order valence-electron chi connectivity index (χ4n) is 5.59. The van der Waals surface area contributed by atoms with Crippen molar-refractivity contribution in [2.45, 2.75) is 82.7 Å². The van der Waals surface area contributed by atoms with E-state index in [0.29, 0.717) is 0 Å². The Morgan fingerprint density at radius 2 is 1.83 bits per heavy atom. The summed E-state index contributed by atoms with van der Waals surface area (Å²) >= 11 is 0. The summed E-state index contributed by atoms with van der Waals surface area (Å²) in [4.78, 5) is 25.0. The van der Waals surface area contributed by atoms with Crippen LogP contribution in [-0.4, -0.2) is 48.7 Å². The normalized spacial score (nSPS) is 42.0. The Kier molecular flexibility index (Phi) is 4.70. The van der Waals surface area contributed by atoms with Crippen LogP contribution in [0.25, 0.3) is 0 Å². The molecule has 0 N–H and O–H groups in total. The Bertz CT molecular complexity index is 737. The van der Waals surface area contributed by atoms with E-state index in [1.165, 1.54) is 0 Å². The zero-order valence-electron chi connectivity index (χ0n) is 16.3. The van der Waals surface area contributed by atoms with Gasteiger partial charge in [0.25, 0.3) is 6.10 Å². The summed E-state index contributed by atoms with van der Waals surface area (Å²) in [5.41, 5.74) is -2.11. The molecule has 7 atom stereocenters. The van der Waals surface area contributed by atoms with E-state index >= 15 is 0 Å². The van der Waals surface area contributed by atoms with E-state index in [-0.39, 0.29) is 30.3 Å². The van der Waals surface area contributed by atoms with Gasteiger partial charge >= 0.3 is 24.3 Å². The molecule has 1 heterocycles. The molecule has 0 aromatic rings. The van der Waals surface area contributed by atoms with Gasteiger partial charge in [0.2, 0.25) is 0 Å². The Balaban J connectivity index is 1.50. The summed E-state index contributed by atoms with van der Waals surface area (Å²) < 4.78 is 92.1. The Labute approximate surface area is 168 Å². The molecule has 5 nitrogen and oxygen atoms in total. The smallest absolute Gasteiger partial charge is 0.434 e. The molecule has 0 amide bonds. The molecule has 170 valence electrons. The summed E-state index contributed by atoms with van der Waals surface area (Å²) in [6.07, 6.45) is -14.6. The standard InChI is InChI=1S/C19H22F6O5/c1-3-4-16(2)7-10(16)28-11-8-5-9-12(11)29-14(26)17(9,6-8)15(27)30-13(18(20,21)22)19(23,24)25/h8-13H,3-7H2,1-2H3/t8?,9?,10?,11?,12?,16-,17?/m0/s1. The molecule has 0 radical (unpaired) electrons. The van der Waals surface area contributed by atoms with Gasteiger partial charge in [-0.1, -0.05) is 20.3 Å². The third-order valence-electron chi connectivity index (χ3n) is 7.16. The zero-order valence-corrected chi connectivity index (χ0v) is 16.3. The molecule has 3 saturated carbocycles. The fourth-order valence-corrected chi connectivity index (χ4v) is 5.59. The number of hydrogen-bond acceptors (Lipinski definition) is 5. The highest BCUT2D eigenvalue weighted by atomic mass is 19.4. The lowest BCUT2D eigenvalue weighted by atomic mass is 9.73. The summed E-state index contributed by atoms with van der Waals surface area (Å²) in [7, 11) is 0. The summed E-state index contributed by atoms with van der Waals surface area (Å²) in [5, 5.41) is 0. The van der Waals surface area contributed by atoms with Gasteiger partial charge in [-0.05, 0) is 37.0 Å². The van der Waals surface area contributed by atoms with Crippen LogP contribution in [0.15, 0.2) is 0 Å². The highest BCUT2D eigenvalue weighted by Gasteiger charge is 2.76. The van der Waals surface area contributed by atoms with Crippen molar-refractivity contribution >= 4 is 11.9 Å². The number of carbonyl (C=O) groups is 2. The molecule has 2 bridgehead atoms. The molecule has 1 aliphatic heterocycles. The van der Waals surface area contributed by atoms with Crippen LogP contribution in [0.1, 0.15) is 46.0 Å². The minimum Gasteiger partial charge on any atom is -0.458 e. The maximum Gasteiger partial charge on any atom is 0.434 e. The highest BCUT2D eigenvalue weighted by Crippen LogP contribution is 2.65.